The predicted octanol–water partition coefficient (Wildman–Crippen LogP) is 5.72. The maximum atomic E-state index is 12.7. The zero-order chi connectivity index (χ0) is 27.3. The molecule has 7 nitrogen and oxygen atoms in total. The Morgan fingerprint density at radius 3 is 2.08 bits per heavy atom. The molecule has 1 atom stereocenters. The van der Waals surface area contributed by atoms with E-state index in [9.17, 15) is 4.79 Å². The van der Waals surface area contributed by atoms with Gasteiger partial charge in [-0.2, -0.15) is 0 Å². The number of carbonyl (C=O) groups excluding carboxylic acids is 1. The number of hydrogen-bond donors (Lipinski definition) is 0. The lowest BCUT2D eigenvalue weighted by atomic mass is 10.1. The van der Waals surface area contributed by atoms with E-state index in [1.165, 1.54) is 38.6 Å². The molecule has 1 aromatic carbocycles. The van der Waals surface area contributed by atoms with Crippen LogP contribution in [0.2, 0.25) is 0 Å². The third-order valence-electron chi connectivity index (χ3n) is 6.55. The molecule has 0 saturated carbocycles. The number of hydrogen-bond acceptors (Lipinski definition) is 6. The standard InChI is InChI=1S/C30H54N2O5/c1-7-10-11-12-17-32(16-8-2)18-19-34-20-21-35-22-23-36-24-25-37-28-15-13-14-27(5)29(28)31(6)30(33)26(4)9-3/h13-15,26H,7-12,16-25H2,1-6H3. The second-order valence-corrected chi connectivity index (χ2v) is 9.72. The molecule has 0 fully saturated rings. The molecule has 1 amide bonds. The van der Waals surface area contributed by atoms with Gasteiger partial charge in [0, 0.05) is 19.5 Å². The number of unbranched alkanes of at least 4 members (excludes halogenated alkanes) is 3. The van der Waals surface area contributed by atoms with Crippen molar-refractivity contribution >= 4 is 11.6 Å². The lowest BCUT2D eigenvalue weighted by Gasteiger charge is -2.25. The minimum absolute atomic E-state index is 0.0257. The van der Waals surface area contributed by atoms with Crippen LogP contribution in [0.15, 0.2) is 18.2 Å². The van der Waals surface area contributed by atoms with Crippen LogP contribution in [0.5, 0.6) is 5.75 Å². The topological polar surface area (TPSA) is 60.5 Å². The molecule has 214 valence electrons. The van der Waals surface area contributed by atoms with Crippen molar-refractivity contribution in [1.82, 2.24) is 4.90 Å². The maximum Gasteiger partial charge on any atom is 0.229 e. The molecule has 0 bridgehead atoms. The third kappa shape index (κ3) is 14.2. The number of ether oxygens (including phenoxy) is 4. The number of rotatable bonds is 23. The average Bonchev–Trinajstić information content (AvgIpc) is 2.90. The number of para-hydroxylation sites is 1. The van der Waals surface area contributed by atoms with E-state index in [1.54, 1.807) is 4.90 Å². The zero-order valence-corrected chi connectivity index (χ0v) is 24.6. The average molecular weight is 523 g/mol. The van der Waals surface area contributed by atoms with Crippen LogP contribution in [0, 0.1) is 12.8 Å². The van der Waals surface area contributed by atoms with Gasteiger partial charge >= 0.3 is 0 Å². The molecule has 7 heteroatoms. The minimum Gasteiger partial charge on any atom is -0.489 e. The second kappa shape index (κ2) is 21.3. The highest BCUT2D eigenvalue weighted by molar-refractivity contribution is 5.96. The first-order valence-corrected chi connectivity index (χ1v) is 14.4. The quantitative estimate of drug-likeness (QED) is 0.171. The van der Waals surface area contributed by atoms with E-state index in [2.05, 4.69) is 18.7 Å². The van der Waals surface area contributed by atoms with Crippen molar-refractivity contribution in [3.8, 4) is 5.75 Å². The van der Waals surface area contributed by atoms with Gasteiger partial charge in [0.15, 0.2) is 0 Å². The summed E-state index contributed by atoms with van der Waals surface area (Å²) in [6, 6.07) is 5.84. The third-order valence-corrected chi connectivity index (χ3v) is 6.55. The van der Waals surface area contributed by atoms with Crippen LogP contribution in [-0.2, 0) is 19.0 Å². The van der Waals surface area contributed by atoms with Gasteiger partial charge < -0.3 is 28.7 Å². The Balaban J connectivity index is 2.16. The molecule has 1 unspecified atom stereocenters. The number of benzene rings is 1. The number of amides is 1. The fourth-order valence-corrected chi connectivity index (χ4v) is 4.15. The maximum absolute atomic E-state index is 12.7. The largest absolute Gasteiger partial charge is 0.489 e. The molecule has 0 spiro atoms. The molecule has 0 aliphatic rings. The van der Waals surface area contributed by atoms with Gasteiger partial charge in [-0.3, -0.25) is 4.79 Å². The highest BCUT2D eigenvalue weighted by Crippen LogP contribution is 2.32. The smallest absolute Gasteiger partial charge is 0.229 e. The summed E-state index contributed by atoms with van der Waals surface area (Å²) in [7, 11) is 1.82. The molecular weight excluding hydrogens is 468 g/mol. The summed E-state index contributed by atoms with van der Waals surface area (Å²) in [5, 5.41) is 0. The molecule has 0 N–H and O–H groups in total. The van der Waals surface area contributed by atoms with Crippen LogP contribution in [0.3, 0.4) is 0 Å². The second-order valence-electron chi connectivity index (χ2n) is 9.72. The van der Waals surface area contributed by atoms with E-state index in [1.807, 2.05) is 46.0 Å². The van der Waals surface area contributed by atoms with Crippen molar-refractivity contribution in [2.24, 2.45) is 5.92 Å². The molecule has 37 heavy (non-hydrogen) atoms. The predicted molar refractivity (Wildman–Crippen MR) is 153 cm³/mol. The van der Waals surface area contributed by atoms with Crippen molar-refractivity contribution in [2.75, 3.05) is 77.8 Å². The Labute approximate surface area is 226 Å². The minimum atomic E-state index is -0.0257. The van der Waals surface area contributed by atoms with Crippen LogP contribution in [0.1, 0.15) is 71.8 Å². The van der Waals surface area contributed by atoms with Crippen molar-refractivity contribution < 1.29 is 23.7 Å². The Morgan fingerprint density at radius 1 is 0.811 bits per heavy atom. The summed E-state index contributed by atoms with van der Waals surface area (Å²) in [6.45, 7) is 17.6. The Bertz CT molecular complexity index is 715. The zero-order valence-electron chi connectivity index (χ0n) is 24.6. The summed E-state index contributed by atoms with van der Waals surface area (Å²) in [5.41, 5.74) is 1.84. The first-order valence-electron chi connectivity index (χ1n) is 14.4. The monoisotopic (exact) mass is 522 g/mol. The Hall–Kier alpha value is -1.67. The van der Waals surface area contributed by atoms with Gasteiger partial charge in [0.1, 0.15) is 12.4 Å². The van der Waals surface area contributed by atoms with E-state index in [0.717, 1.165) is 37.4 Å². The molecule has 0 heterocycles. The van der Waals surface area contributed by atoms with Crippen molar-refractivity contribution in [3.05, 3.63) is 23.8 Å². The number of carbonyl (C=O) groups is 1. The van der Waals surface area contributed by atoms with Crippen molar-refractivity contribution in [1.29, 1.82) is 0 Å². The molecule has 1 rings (SSSR count). The lowest BCUT2D eigenvalue weighted by Crippen LogP contribution is -2.32. The van der Waals surface area contributed by atoms with Gasteiger partial charge in [0.05, 0.1) is 45.3 Å². The molecule has 0 radical (unpaired) electrons. The lowest BCUT2D eigenvalue weighted by molar-refractivity contribution is -0.121. The number of anilines is 1. The summed E-state index contributed by atoms with van der Waals surface area (Å²) in [4.78, 5) is 16.9. The van der Waals surface area contributed by atoms with Gasteiger partial charge in [-0.05, 0) is 50.9 Å². The van der Waals surface area contributed by atoms with E-state index < -0.39 is 0 Å². The van der Waals surface area contributed by atoms with Crippen molar-refractivity contribution in [3.63, 3.8) is 0 Å². The highest BCUT2D eigenvalue weighted by Gasteiger charge is 2.21. The van der Waals surface area contributed by atoms with Gasteiger partial charge in [0.25, 0.3) is 0 Å². The normalized spacial score (nSPS) is 12.2. The van der Waals surface area contributed by atoms with Crippen molar-refractivity contribution in [2.45, 2.75) is 73.1 Å². The molecular formula is C30H54N2O5. The summed E-state index contributed by atoms with van der Waals surface area (Å²) in [6.07, 6.45) is 7.21. The summed E-state index contributed by atoms with van der Waals surface area (Å²) in [5.74, 6) is 0.775. The fraction of sp³-hybridized carbons (Fsp3) is 0.767. The summed E-state index contributed by atoms with van der Waals surface area (Å²) >= 11 is 0. The van der Waals surface area contributed by atoms with Crippen LogP contribution in [0.4, 0.5) is 5.69 Å². The van der Waals surface area contributed by atoms with Gasteiger partial charge in [-0.15, -0.1) is 0 Å². The van der Waals surface area contributed by atoms with E-state index in [0.29, 0.717) is 45.4 Å². The molecule has 0 saturated heterocycles. The summed E-state index contributed by atoms with van der Waals surface area (Å²) < 4.78 is 23.0. The molecule has 1 aromatic rings. The van der Waals surface area contributed by atoms with Crippen LogP contribution < -0.4 is 9.64 Å². The first-order chi connectivity index (χ1) is 18.0. The fourth-order valence-electron chi connectivity index (χ4n) is 4.15. The van der Waals surface area contributed by atoms with E-state index in [-0.39, 0.29) is 11.8 Å². The number of aryl methyl sites for hydroxylation is 1. The van der Waals surface area contributed by atoms with Crippen LogP contribution >= 0.6 is 0 Å². The van der Waals surface area contributed by atoms with Gasteiger partial charge in [-0.1, -0.05) is 59.1 Å². The Kier molecular flexibility index (Phi) is 19.2. The molecule has 0 aliphatic carbocycles. The molecule has 0 aromatic heterocycles. The van der Waals surface area contributed by atoms with Gasteiger partial charge in [0.2, 0.25) is 5.91 Å². The highest BCUT2D eigenvalue weighted by atomic mass is 16.6. The molecule has 0 aliphatic heterocycles. The van der Waals surface area contributed by atoms with E-state index >= 15 is 0 Å². The van der Waals surface area contributed by atoms with E-state index in [4.69, 9.17) is 18.9 Å². The van der Waals surface area contributed by atoms with Crippen LogP contribution in [0.25, 0.3) is 0 Å². The Morgan fingerprint density at radius 2 is 1.46 bits per heavy atom. The first kappa shape index (κ1) is 33.4. The van der Waals surface area contributed by atoms with Gasteiger partial charge in [-0.25, -0.2) is 0 Å². The van der Waals surface area contributed by atoms with Crippen LogP contribution in [-0.4, -0.2) is 83.7 Å². The SMILES string of the molecule is CCCCCCN(CCC)CCOCCOCCOCCOc1cccc(C)c1N(C)C(=O)C(C)CC. The number of nitrogens with zero attached hydrogens (tertiary/aromatic N) is 2.